The number of carbonyl (C=O) groups excluding carboxylic acids is 1. The SMILES string of the molecule is CCOCCCC(=O)N1CC(N)(CC)C1. The van der Waals surface area contributed by atoms with Gasteiger partial charge < -0.3 is 15.4 Å². The Morgan fingerprint density at radius 2 is 2.13 bits per heavy atom. The lowest BCUT2D eigenvalue weighted by Gasteiger charge is -2.47. The zero-order valence-corrected chi connectivity index (χ0v) is 9.79. The van der Waals surface area contributed by atoms with Gasteiger partial charge in [0.15, 0.2) is 0 Å². The molecule has 0 radical (unpaired) electrons. The van der Waals surface area contributed by atoms with Crippen LogP contribution in [0.25, 0.3) is 0 Å². The number of amides is 1. The number of carbonyl (C=O) groups is 1. The van der Waals surface area contributed by atoms with Crippen molar-refractivity contribution in [2.24, 2.45) is 5.73 Å². The van der Waals surface area contributed by atoms with Gasteiger partial charge in [0.1, 0.15) is 0 Å². The molecular formula is C11H22N2O2. The molecule has 2 N–H and O–H groups in total. The van der Waals surface area contributed by atoms with Gasteiger partial charge >= 0.3 is 0 Å². The van der Waals surface area contributed by atoms with Crippen molar-refractivity contribution >= 4 is 5.91 Å². The third-order valence-electron chi connectivity index (χ3n) is 2.95. The van der Waals surface area contributed by atoms with Gasteiger partial charge in [0.2, 0.25) is 5.91 Å². The third-order valence-corrected chi connectivity index (χ3v) is 2.95. The van der Waals surface area contributed by atoms with Crippen LogP contribution >= 0.6 is 0 Å². The van der Waals surface area contributed by atoms with Crippen molar-refractivity contribution < 1.29 is 9.53 Å². The molecule has 88 valence electrons. The van der Waals surface area contributed by atoms with Crippen molar-refractivity contribution in [2.75, 3.05) is 26.3 Å². The second-order valence-corrected chi connectivity index (χ2v) is 4.27. The van der Waals surface area contributed by atoms with Gasteiger partial charge in [-0.15, -0.1) is 0 Å². The number of hydrogen-bond donors (Lipinski definition) is 1. The highest BCUT2D eigenvalue weighted by Crippen LogP contribution is 2.22. The van der Waals surface area contributed by atoms with Crippen molar-refractivity contribution in [3.05, 3.63) is 0 Å². The Morgan fingerprint density at radius 1 is 1.47 bits per heavy atom. The molecule has 1 rings (SSSR count). The molecule has 0 aromatic rings. The van der Waals surface area contributed by atoms with Crippen molar-refractivity contribution in [1.82, 2.24) is 4.90 Å². The summed E-state index contributed by atoms with van der Waals surface area (Å²) in [7, 11) is 0. The molecular weight excluding hydrogens is 192 g/mol. The van der Waals surface area contributed by atoms with Crippen LogP contribution in [0, 0.1) is 0 Å². The first-order chi connectivity index (χ1) is 7.11. The summed E-state index contributed by atoms with van der Waals surface area (Å²) in [6.45, 7) is 6.86. The van der Waals surface area contributed by atoms with E-state index >= 15 is 0 Å². The summed E-state index contributed by atoms with van der Waals surface area (Å²) >= 11 is 0. The molecule has 1 heterocycles. The van der Waals surface area contributed by atoms with Crippen LogP contribution < -0.4 is 5.73 Å². The van der Waals surface area contributed by atoms with E-state index in [0.717, 1.165) is 32.5 Å². The van der Waals surface area contributed by atoms with E-state index in [0.29, 0.717) is 13.0 Å². The van der Waals surface area contributed by atoms with Gasteiger partial charge in [-0.3, -0.25) is 4.79 Å². The van der Waals surface area contributed by atoms with Gasteiger partial charge in [0.25, 0.3) is 0 Å². The highest BCUT2D eigenvalue weighted by molar-refractivity contribution is 5.77. The van der Waals surface area contributed by atoms with Gasteiger partial charge in [-0.2, -0.15) is 0 Å². The predicted molar refractivity (Wildman–Crippen MR) is 59.5 cm³/mol. The minimum absolute atomic E-state index is 0.115. The first-order valence-corrected chi connectivity index (χ1v) is 5.75. The van der Waals surface area contributed by atoms with E-state index in [1.54, 1.807) is 0 Å². The number of nitrogens with two attached hydrogens (primary N) is 1. The maximum Gasteiger partial charge on any atom is 0.222 e. The summed E-state index contributed by atoms with van der Waals surface area (Å²) in [6, 6.07) is 0. The topological polar surface area (TPSA) is 55.6 Å². The number of ether oxygens (including phenoxy) is 1. The molecule has 1 aliphatic heterocycles. The predicted octanol–water partition coefficient (Wildman–Crippen LogP) is 0.753. The Balaban J connectivity index is 2.10. The fourth-order valence-corrected chi connectivity index (χ4v) is 1.74. The number of rotatable bonds is 6. The van der Waals surface area contributed by atoms with E-state index in [1.165, 1.54) is 0 Å². The zero-order chi connectivity index (χ0) is 11.3. The lowest BCUT2D eigenvalue weighted by molar-refractivity contribution is -0.139. The average molecular weight is 214 g/mol. The number of likely N-dealkylation sites (tertiary alicyclic amines) is 1. The molecule has 4 heteroatoms. The quantitative estimate of drug-likeness (QED) is 0.664. The largest absolute Gasteiger partial charge is 0.382 e. The fraction of sp³-hybridized carbons (Fsp3) is 0.909. The monoisotopic (exact) mass is 214 g/mol. The maximum absolute atomic E-state index is 11.6. The summed E-state index contributed by atoms with van der Waals surface area (Å²) in [4.78, 5) is 13.4. The molecule has 0 spiro atoms. The smallest absolute Gasteiger partial charge is 0.222 e. The molecule has 1 aliphatic rings. The van der Waals surface area contributed by atoms with E-state index in [1.807, 2.05) is 11.8 Å². The normalized spacial score (nSPS) is 18.7. The second kappa shape index (κ2) is 5.47. The van der Waals surface area contributed by atoms with E-state index < -0.39 is 0 Å². The van der Waals surface area contributed by atoms with Crippen LogP contribution in [-0.2, 0) is 9.53 Å². The molecule has 1 amide bonds. The molecule has 0 atom stereocenters. The van der Waals surface area contributed by atoms with Crippen molar-refractivity contribution in [2.45, 2.75) is 38.6 Å². The Hall–Kier alpha value is -0.610. The lowest BCUT2D eigenvalue weighted by Crippen LogP contribution is -2.68. The molecule has 0 aromatic heterocycles. The molecule has 1 saturated heterocycles. The van der Waals surface area contributed by atoms with Gasteiger partial charge in [0.05, 0.1) is 5.54 Å². The molecule has 4 nitrogen and oxygen atoms in total. The summed E-state index contributed by atoms with van der Waals surface area (Å²) in [5.41, 5.74) is 5.87. The molecule has 1 fully saturated rings. The van der Waals surface area contributed by atoms with Crippen molar-refractivity contribution in [3.8, 4) is 0 Å². The molecule has 15 heavy (non-hydrogen) atoms. The minimum atomic E-state index is -0.115. The molecule has 0 unspecified atom stereocenters. The van der Waals surface area contributed by atoms with Gasteiger partial charge in [0, 0.05) is 32.7 Å². The Morgan fingerprint density at radius 3 is 2.67 bits per heavy atom. The molecule has 0 aliphatic carbocycles. The number of nitrogens with zero attached hydrogens (tertiary/aromatic N) is 1. The van der Waals surface area contributed by atoms with Gasteiger partial charge in [-0.25, -0.2) is 0 Å². The summed E-state index contributed by atoms with van der Waals surface area (Å²) in [5, 5.41) is 0. The Bertz CT molecular complexity index is 213. The summed E-state index contributed by atoms with van der Waals surface area (Å²) in [5.74, 6) is 0.212. The highest BCUT2D eigenvalue weighted by atomic mass is 16.5. The van der Waals surface area contributed by atoms with E-state index in [4.69, 9.17) is 10.5 Å². The summed E-state index contributed by atoms with van der Waals surface area (Å²) < 4.78 is 5.18. The summed E-state index contributed by atoms with van der Waals surface area (Å²) in [6.07, 6.45) is 2.34. The number of hydrogen-bond acceptors (Lipinski definition) is 3. The minimum Gasteiger partial charge on any atom is -0.382 e. The van der Waals surface area contributed by atoms with Gasteiger partial charge in [-0.1, -0.05) is 6.92 Å². The molecule has 0 aromatic carbocycles. The Kier molecular flexibility index (Phi) is 4.54. The van der Waals surface area contributed by atoms with E-state index in [9.17, 15) is 4.79 Å². The third kappa shape index (κ3) is 3.47. The first kappa shape index (κ1) is 12.5. The average Bonchev–Trinajstić information content (AvgIpc) is 2.19. The highest BCUT2D eigenvalue weighted by Gasteiger charge is 2.39. The van der Waals surface area contributed by atoms with Crippen molar-refractivity contribution in [1.29, 1.82) is 0 Å². The maximum atomic E-state index is 11.6. The van der Waals surface area contributed by atoms with E-state index in [-0.39, 0.29) is 11.4 Å². The van der Waals surface area contributed by atoms with Crippen LogP contribution in [0.5, 0.6) is 0 Å². The zero-order valence-electron chi connectivity index (χ0n) is 9.79. The van der Waals surface area contributed by atoms with Crippen LogP contribution in [0.4, 0.5) is 0 Å². The lowest BCUT2D eigenvalue weighted by atomic mass is 9.88. The Labute approximate surface area is 91.8 Å². The first-order valence-electron chi connectivity index (χ1n) is 5.75. The fourth-order valence-electron chi connectivity index (χ4n) is 1.74. The standard InChI is InChI=1S/C11H22N2O2/c1-3-11(12)8-13(9-11)10(14)6-5-7-15-4-2/h3-9,12H2,1-2H3. The molecule has 0 saturated carbocycles. The van der Waals surface area contributed by atoms with Crippen LogP contribution in [-0.4, -0.2) is 42.6 Å². The molecule has 0 bridgehead atoms. The van der Waals surface area contributed by atoms with Crippen LogP contribution in [0.2, 0.25) is 0 Å². The van der Waals surface area contributed by atoms with Crippen molar-refractivity contribution in [3.63, 3.8) is 0 Å². The van der Waals surface area contributed by atoms with E-state index in [2.05, 4.69) is 6.92 Å². The van der Waals surface area contributed by atoms with Crippen LogP contribution in [0.1, 0.15) is 33.1 Å². The van der Waals surface area contributed by atoms with Crippen LogP contribution in [0.3, 0.4) is 0 Å². The van der Waals surface area contributed by atoms with Crippen LogP contribution in [0.15, 0.2) is 0 Å². The van der Waals surface area contributed by atoms with Gasteiger partial charge in [-0.05, 0) is 19.8 Å². The second-order valence-electron chi connectivity index (χ2n) is 4.27.